The van der Waals surface area contributed by atoms with Crippen LogP contribution in [0.1, 0.15) is 21.8 Å². The van der Waals surface area contributed by atoms with Crippen molar-refractivity contribution in [1.29, 1.82) is 0 Å². The molecule has 1 aromatic heterocycles. The molecule has 0 fully saturated rings. The Balaban J connectivity index is 1.51. The molecule has 0 atom stereocenters. The molecule has 1 N–H and O–H groups in total. The van der Waals surface area contributed by atoms with E-state index in [1.807, 2.05) is 42.5 Å². The van der Waals surface area contributed by atoms with Crippen LogP contribution in [-0.4, -0.2) is 18.0 Å². The number of hydrogen-bond donors (Lipinski definition) is 1. The predicted octanol–water partition coefficient (Wildman–Crippen LogP) is 4.68. The number of rotatable bonds is 5. The van der Waals surface area contributed by atoms with Crippen molar-refractivity contribution < 1.29 is 13.9 Å². The third kappa shape index (κ3) is 3.82. The van der Waals surface area contributed by atoms with Gasteiger partial charge in [0, 0.05) is 17.7 Å². The lowest BCUT2D eigenvalue weighted by Gasteiger charge is -2.06. The van der Waals surface area contributed by atoms with E-state index in [4.69, 9.17) is 9.15 Å². The Morgan fingerprint density at radius 3 is 2.56 bits per heavy atom. The fourth-order valence-electron chi connectivity index (χ4n) is 2.84. The summed E-state index contributed by atoms with van der Waals surface area (Å²) in [7, 11) is 1.59. The quantitative estimate of drug-likeness (QED) is 0.563. The van der Waals surface area contributed by atoms with Crippen molar-refractivity contribution >= 4 is 22.7 Å². The molecule has 5 nitrogen and oxygen atoms in total. The van der Waals surface area contributed by atoms with Crippen LogP contribution in [-0.2, 0) is 6.42 Å². The fourth-order valence-corrected chi connectivity index (χ4v) is 2.84. The first-order chi connectivity index (χ1) is 13.2. The minimum Gasteiger partial charge on any atom is -0.497 e. The molecular weight excluding hydrogens is 340 g/mol. The number of amides is 1. The van der Waals surface area contributed by atoms with Crippen LogP contribution in [0.3, 0.4) is 0 Å². The van der Waals surface area contributed by atoms with Crippen LogP contribution in [0.25, 0.3) is 11.1 Å². The molecule has 3 aromatic carbocycles. The highest BCUT2D eigenvalue weighted by Gasteiger charge is 2.10. The van der Waals surface area contributed by atoms with E-state index in [1.165, 1.54) is 0 Å². The molecule has 0 aliphatic heterocycles. The number of aromatic nitrogens is 1. The van der Waals surface area contributed by atoms with Crippen molar-refractivity contribution in [3.8, 4) is 5.75 Å². The summed E-state index contributed by atoms with van der Waals surface area (Å²) in [5.41, 5.74) is 3.78. The Labute approximate surface area is 156 Å². The van der Waals surface area contributed by atoms with Crippen LogP contribution >= 0.6 is 0 Å². The molecule has 0 bridgehead atoms. The van der Waals surface area contributed by atoms with Gasteiger partial charge in [0.25, 0.3) is 5.91 Å². The fraction of sp³-hybridized carbons (Fsp3) is 0.0909. The maximum Gasteiger partial charge on any atom is 0.255 e. The number of ether oxygens (including phenoxy) is 1. The van der Waals surface area contributed by atoms with E-state index in [2.05, 4.69) is 10.3 Å². The molecule has 5 heteroatoms. The molecule has 4 aromatic rings. The summed E-state index contributed by atoms with van der Waals surface area (Å²) in [6, 6.07) is 22.4. The highest BCUT2D eigenvalue weighted by molar-refractivity contribution is 6.04. The summed E-state index contributed by atoms with van der Waals surface area (Å²) in [6.07, 6.45) is 0.628. The van der Waals surface area contributed by atoms with E-state index in [1.54, 1.807) is 37.4 Å². The summed E-state index contributed by atoms with van der Waals surface area (Å²) in [4.78, 5) is 16.9. The van der Waals surface area contributed by atoms with Gasteiger partial charge in [-0.05, 0) is 48.0 Å². The van der Waals surface area contributed by atoms with Crippen LogP contribution < -0.4 is 10.1 Å². The van der Waals surface area contributed by atoms with Crippen molar-refractivity contribution in [1.82, 2.24) is 4.98 Å². The van der Waals surface area contributed by atoms with Gasteiger partial charge in [-0.3, -0.25) is 4.79 Å². The topological polar surface area (TPSA) is 64.4 Å². The number of anilines is 1. The van der Waals surface area contributed by atoms with Crippen LogP contribution in [0.4, 0.5) is 5.69 Å². The summed E-state index contributed by atoms with van der Waals surface area (Å²) < 4.78 is 10.9. The highest BCUT2D eigenvalue weighted by atomic mass is 16.5. The zero-order valence-electron chi connectivity index (χ0n) is 14.8. The summed E-state index contributed by atoms with van der Waals surface area (Å²) in [5, 5.41) is 2.89. The van der Waals surface area contributed by atoms with E-state index in [0.717, 1.165) is 5.56 Å². The average molecular weight is 358 g/mol. The van der Waals surface area contributed by atoms with Crippen molar-refractivity contribution in [2.24, 2.45) is 0 Å². The number of hydrogen-bond acceptors (Lipinski definition) is 4. The molecule has 1 amide bonds. The second-order valence-corrected chi connectivity index (χ2v) is 6.14. The molecule has 4 rings (SSSR count). The third-order valence-electron chi connectivity index (χ3n) is 4.24. The molecule has 0 saturated carbocycles. The van der Waals surface area contributed by atoms with Gasteiger partial charge in [-0.2, -0.15) is 0 Å². The Kier molecular flexibility index (Phi) is 4.58. The number of oxazole rings is 1. The van der Waals surface area contributed by atoms with Crippen LogP contribution in [0.5, 0.6) is 5.75 Å². The van der Waals surface area contributed by atoms with Crippen molar-refractivity contribution in [3.63, 3.8) is 0 Å². The van der Waals surface area contributed by atoms with Crippen LogP contribution in [0, 0.1) is 0 Å². The van der Waals surface area contributed by atoms with Gasteiger partial charge in [0.1, 0.15) is 11.3 Å². The van der Waals surface area contributed by atoms with Gasteiger partial charge in [-0.25, -0.2) is 4.98 Å². The maximum absolute atomic E-state index is 12.4. The molecule has 0 spiro atoms. The van der Waals surface area contributed by atoms with Crippen LogP contribution in [0.15, 0.2) is 77.2 Å². The van der Waals surface area contributed by atoms with Gasteiger partial charge in [0.05, 0.1) is 7.11 Å². The van der Waals surface area contributed by atoms with E-state index in [0.29, 0.717) is 40.4 Å². The SMILES string of the molecule is COc1ccc(C(=O)Nc2ccc3oc(Cc4ccccc4)nc3c2)cc1. The normalized spacial score (nSPS) is 10.7. The second-order valence-electron chi connectivity index (χ2n) is 6.14. The van der Waals surface area contributed by atoms with Gasteiger partial charge >= 0.3 is 0 Å². The Hall–Kier alpha value is -3.60. The minimum atomic E-state index is -0.190. The molecule has 0 saturated heterocycles. The number of carbonyl (C=O) groups is 1. The lowest BCUT2D eigenvalue weighted by Crippen LogP contribution is -2.11. The smallest absolute Gasteiger partial charge is 0.255 e. The molecule has 27 heavy (non-hydrogen) atoms. The summed E-state index contributed by atoms with van der Waals surface area (Å²) >= 11 is 0. The number of nitrogens with zero attached hydrogens (tertiary/aromatic N) is 1. The van der Waals surface area contributed by atoms with Gasteiger partial charge in [-0.15, -0.1) is 0 Å². The maximum atomic E-state index is 12.4. The van der Waals surface area contributed by atoms with Gasteiger partial charge in [0.2, 0.25) is 0 Å². The first-order valence-electron chi connectivity index (χ1n) is 8.60. The molecule has 0 aliphatic carbocycles. The molecule has 0 aliphatic rings. The van der Waals surface area contributed by atoms with Crippen LogP contribution in [0.2, 0.25) is 0 Å². The first kappa shape index (κ1) is 16.8. The van der Waals surface area contributed by atoms with E-state index in [-0.39, 0.29) is 5.91 Å². The van der Waals surface area contributed by atoms with Crippen molar-refractivity contribution in [3.05, 3.63) is 89.8 Å². The monoisotopic (exact) mass is 358 g/mol. The highest BCUT2D eigenvalue weighted by Crippen LogP contribution is 2.22. The van der Waals surface area contributed by atoms with Gasteiger partial charge < -0.3 is 14.5 Å². The minimum absolute atomic E-state index is 0.190. The standard InChI is InChI=1S/C22H18N2O3/c1-26-18-10-7-16(8-11-18)22(25)23-17-9-12-20-19(14-17)24-21(27-20)13-15-5-3-2-4-6-15/h2-12,14H,13H2,1H3,(H,23,25). The van der Waals surface area contributed by atoms with E-state index in [9.17, 15) is 4.79 Å². The number of nitrogens with one attached hydrogen (secondary N) is 1. The zero-order chi connectivity index (χ0) is 18.6. The number of carbonyl (C=O) groups excluding carboxylic acids is 1. The Morgan fingerprint density at radius 2 is 1.81 bits per heavy atom. The van der Waals surface area contributed by atoms with E-state index >= 15 is 0 Å². The number of benzene rings is 3. The molecule has 134 valence electrons. The summed E-state index contributed by atoms with van der Waals surface area (Å²) in [5.74, 6) is 1.17. The number of fused-ring (bicyclic) bond motifs is 1. The van der Waals surface area contributed by atoms with Crippen molar-refractivity contribution in [2.45, 2.75) is 6.42 Å². The summed E-state index contributed by atoms with van der Waals surface area (Å²) in [6.45, 7) is 0. The zero-order valence-corrected chi connectivity index (χ0v) is 14.8. The molecular formula is C22H18N2O3. The first-order valence-corrected chi connectivity index (χ1v) is 8.60. The largest absolute Gasteiger partial charge is 0.497 e. The molecule has 1 heterocycles. The third-order valence-corrected chi connectivity index (χ3v) is 4.24. The lowest BCUT2D eigenvalue weighted by molar-refractivity contribution is 0.102. The van der Waals surface area contributed by atoms with E-state index < -0.39 is 0 Å². The van der Waals surface area contributed by atoms with Gasteiger partial charge in [-0.1, -0.05) is 30.3 Å². The lowest BCUT2D eigenvalue weighted by atomic mass is 10.1. The average Bonchev–Trinajstić information content (AvgIpc) is 3.10. The Morgan fingerprint density at radius 1 is 1.04 bits per heavy atom. The van der Waals surface area contributed by atoms with Gasteiger partial charge in [0.15, 0.2) is 11.5 Å². The molecule has 0 radical (unpaired) electrons. The number of methoxy groups -OCH3 is 1. The Bertz CT molecular complexity index is 1070. The molecule has 0 unspecified atom stereocenters. The second kappa shape index (κ2) is 7.33. The predicted molar refractivity (Wildman–Crippen MR) is 104 cm³/mol. The van der Waals surface area contributed by atoms with Crippen molar-refractivity contribution in [2.75, 3.05) is 12.4 Å².